The van der Waals surface area contributed by atoms with E-state index < -0.39 is 238 Å². The lowest BCUT2D eigenvalue weighted by molar-refractivity contribution is -0.870. The Bertz CT molecular complexity index is 3410. The molecule has 1 unspecified atom stereocenters. The number of rotatable bonds is 38. The maximum atomic E-state index is 13.9. The van der Waals surface area contributed by atoms with Gasteiger partial charge in [-0.25, -0.2) is 4.57 Å². The SMILES string of the molecule is [2H]C([2H])([2H])C([2H])([2H])C([2H])([2H])C([2H])([2H])C([2H])([2H])C([2H])([2H])C([2H])([2H])C([2H])([2H])C([2H])([2H])C([2H])([2H])C([2H])([2H])C([2H])([2H])C([2H])([2H])C(=O)O[C@H](COC(=O)C([2H])([2H])C([2H])([2H])C([2H])([2H])C([2H])([2H])C([2H])([2H])C([2H])([2H])C([2H])([2H])C([2H])([2H])C([2H])([2H])C([2H])([2H])C([2H])([2H])C([2H])([2H])C([2H])([2H])C([2H])([2H])C([2H])([2H])C([2H])([2H])C([2H])([2H])[2H])COP(=O)(O)OCC[N+](C)(C)C. The highest BCUT2D eigenvalue weighted by atomic mass is 31.2. The third-order valence-corrected chi connectivity index (χ3v) is 4.93. The van der Waals surface area contributed by atoms with E-state index in [1.165, 1.54) is 21.1 Å². The molecule has 0 rings (SSSR count). The van der Waals surface area contributed by atoms with Crippen LogP contribution in [0.2, 0.25) is 0 Å². The Morgan fingerprint density at radius 1 is 0.600 bits per heavy atom. The summed E-state index contributed by atoms with van der Waals surface area (Å²) in [5.74, 6) is -6.15. The van der Waals surface area contributed by atoms with Crippen molar-refractivity contribution < 1.29 is 127 Å². The third kappa shape index (κ3) is 36.8. The molecule has 0 amide bonds. The van der Waals surface area contributed by atoms with Crippen LogP contribution >= 0.6 is 7.82 Å². The van der Waals surface area contributed by atoms with Gasteiger partial charge in [0.15, 0.2) is 6.10 Å². The Kier molecular flexibility index (Phi) is 6.31. The topological polar surface area (TPSA) is 108 Å². The maximum Gasteiger partial charge on any atom is 0.472 e. The molecule has 0 bridgehead atoms. The smallest absolute Gasteiger partial charge is 0.462 e. The van der Waals surface area contributed by atoms with Crippen LogP contribution in [0, 0.1) is 0 Å². The predicted molar refractivity (Wildman–Crippen MR) is 206 cm³/mol. The molecule has 0 aliphatic rings. The molecule has 2 atom stereocenters. The zero-order valence-electron chi connectivity index (χ0n) is 88.6. The molecule has 0 saturated heterocycles. The second kappa shape index (κ2) is 33.8. The van der Waals surface area contributed by atoms with Gasteiger partial charge in [-0.2, -0.15) is 0 Å². The Labute approximate surface area is 395 Å². The number of nitrogens with zero attached hydrogens (tertiary/aromatic N) is 1. The normalized spacial score (nSPS) is 40.6. The first-order chi connectivity index (χ1) is 47.3. The fraction of sp³-hybridized carbons (Fsp3) is 0.950. The zero-order chi connectivity index (χ0) is 92.4. The zero-order valence-corrected chi connectivity index (χ0v) is 27.5. The number of phosphoric acid groups is 1. The number of carbonyl (C=O) groups excluding carboxylic acids is 2. The van der Waals surface area contributed by atoms with Crippen molar-refractivity contribution in [2.45, 2.75) is 198 Å². The molecular formula is C40H81NO8P+. The highest BCUT2D eigenvalue weighted by molar-refractivity contribution is 7.47. The van der Waals surface area contributed by atoms with Crippen molar-refractivity contribution in [2.75, 3.05) is 47.5 Å². The maximum absolute atomic E-state index is 13.9. The molecule has 0 fully saturated rings. The summed E-state index contributed by atoms with van der Waals surface area (Å²) in [7, 11) is -1.27. The number of hydrogen-bond acceptors (Lipinski definition) is 7. The van der Waals surface area contributed by atoms with Gasteiger partial charge in [0.2, 0.25) is 0 Å². The summed E-state index contributed by atoms with van der Waals surface area (Å²) in [6.07, 6.45) is -151. The molecule has 0 spiro atoms. The standard InChI is InChI=1S/C40H80NO8P/c1-6-8-10-12-14-16-18-19-20-21-23-24-26-28-30-32-39(42)46-36-38(37-48-50(44,45)47-35-34-41(3,4)5)49-40(43)33-31-29-27-25-22-17-15-13-11-9-7-2/h38H,6-37H2,1-5H3/p+1/t38-/m1/s1/i1D3,2D3,6D2,7D2,8D2,9D2,10D2,11D2,12D2,13D2,14D2,15D2,16D2,17D2,18D2,19D2,20D2,21D2,22D2,23D2,24D2,25D2,26D2,27D2,28D2,29D2,30D2,31D2,32D2,33D2. The van der Waals surface area contributed by atoms with E-state index in [-0.39, 0.29) is 11.0 Å². The van der Waals surface area contributed by atoms with Crippen LogP contribution in [-0.2, 0) is 32.7 Å². The average Bonchev–Trinajstić information content (AvgIpc) is 0.901. The molecule has 1 N–H and O–H groups in total. The van der Waals surface area contributed by atoms with Crippen LogP contribution in [0.4, 0.5) is 0 Å². The Balaban J connectivity index is 8.26. The highest BCUT2D eigenvalue weighted by Gasteiger charge is 2.27. The second-order valence-electron chi connectivity index (χ2n) is 8.74. The largest absolute Gasteiger partial charge is 0.472 e. The summed E-state index contributed by atoms with van der Waals surface area (Å²) in [6.45, 7) is -13.8. The van der Waals surface area contributed by atoms with E-state index in [1.807, 2.05) is 0 Å². The Morgan fingerprint density at radius 2 is 0.980 bits per heavy atom. The summed E-state index contributed by atoms with van der Waals surface area (Å²) >= 11 is 0. The van der Waals surface area contributed by atoms with Crippen molar-refractivity contribution in [3.8, 4) is 0 Å². The summed E-state index contributed by atoms with van der Waals surface area (Å²) < 4.78 is 541. The molecule has 0 aromatic heterocycles. The number of carbonyl (C=O) groups is 2. The highest BCUT2D eigenvalue weighted by Crippen LogP contribution is 2.43. The van der Waals surface area contributed by atoms with Gasteiger partial charge in [0.05, 0.1) is 27.7 Å². The first-order valence-corrected chi connectivity index (χ1v) is 14.6. The van der Waals surface area contributed by atoms with Crippen LogP contribution < -0.4 is 0 Å². The summed E-state index contributed by atoms with van der Waals surface area (Å²) in [4.78, 5) is 38.2. The molecule has 0 aliphatic heterocycles. The molecule has 0 heterocycles. The number of hydrogen-bond donors (Lipinski definition) is 1. The first-order valence-electron chi connectivity index (χ1n) is 44.1. The van der Waals surface area contributed by atoms with Crippen molar-refractivity contribution in [3.05, 3.63) is 0 Å². The Morgan fingerprint density at radius 3 is 1.38 bits per heavy atom. The van der Waals surface area contributed by atoms with Crippen molar-refractivity contribution >= 4 is 19.8 Å². The quantitative estimate of drug-likeness (QED) is 0.0374. The van der Waals surface area contributed by atoms with Crippen LogP contribution in [0.5, 0.6) is 0 Å². The molecule has 0 radical (unpaired) electrons. The van der Waals surface area contributed by atoms with E-state index in [0.29, 0.717) is 0 Å². The lowest BCUT2D eigenvalue weighted by Crippen LogP contribution is -2.37. The van der Waals surface area contributed by atoms with Gasteiger partial charge in [-0.15, -0.1) is 0 Å². The number of ether oxygens (including phenoxy) is 2. The van der Waals surface area contributed by atoms with E-state index in [1.54, 1.807) is 0 Å². The number of esters is 2. The lowest BCUT2D eigenvalue weighted by atomic mass is 10.0. The van der Waals surface area contributed by atoms with Crippen LogP contribution in [-0.4, -0.2) is 74.9 Å². The fourth-order valence-corrected chi connectivity index (χ4v) is 2.74. The summed E-state index contributed by atoms with van der Waals surface area (Å²) in [5, 5.41) is 0. The molecule has 10 heteroatoms. The van der Waals surface area contributed by atoms with Crippen LogP contribution in [0.15, 0.2) is 0 Å². The van der Waals surface area contributed by atoms with Crippen LogP contribution in [0.3, 0.4) is 0 Å². The molecule has 0 saturated carbocycles. The minimum absolute atomic E-state index is 0.0635. The van der Waals surface area contributed by atoms with Gasteiger partial charge in [0.1, 0.15) is 19.8 Å². The van der Waals surface area contributed by atoms with Crippen molar-refractivity contribution in [1.82, 2.24) is 0 Å². The Hall–Kier alpha value is -0.990. The van der Waals surface area contributed by atoms with E-state index in [0.717, 1.165) is 0 Å². The van der Waals surface area contributed by atoms with E-state index in [4.69, 9.17) is 89.5 Å². The number of quaternary nitrogens is 1. The van der Waals surface area contributed by atoms with E-state index in [2.05, 4.69) is 14.0 Å². The van der Waals surface area contributed by atoms with Crippen LogP contribution in [0.1, 0.15) is 277 Å². The van der Waals surface area contributed by atoms with Crippen molar-refractivity contribution in [1.29, 1.82) is 0 Å². The van der Waals surface area contributed by atoms with E-state index in [9.17, 15) is 19.0 Å². The molecule has 0 aromatic carbocycles. The molecule has 9 nitrogen and oxygen atoms in total. The molecule has 0 aromatic rings. The summed E-state index contributed by atoms with van der Waals surface area (Å²) in [6, 6.07) is 0. The first kappa shape index (κ1) is 9.33. The predicted octanol–water partition coefficient (Wildman–Crippen LogP) is 11.2. The lowest BCUT2D eigenvalue weighted by Gasteiger charge is -2.24. The monoisotopic (exact) mass is 797 g/mol. The van der Waals surface area contributed by atoms with Gasteiger partial charge in [0.25, 0.3) is 0 Å². The number of phosphoric ester groups is 1. The molecule has 0 aliphatic carbocycles. The minimum atomic E-state index is -5.69. The molecular weight excluding hydrogens is 653 g/mol. The van der Waals surface area contributed by atoms with Crippen LogP contribution in [0.25, 0.3) is 0 Å². The summed E-state index contributed by atoms with van der Waals surface area (Å²) in [5.41, 5.74) is 0. The second-order valence-corrected chi connectivity index (χ2v) is 10.2. The van der Waals surface area contributed by atoms with E-state index >= 15 is 0 Å². The van der Waals surface area contributed by atoms with Gasteiger partial charge in [-0.3, -0.25) is 18.6 Å². The van der Waals surface area contributed by atoms with Gasteiger partial charge < -0.3 is 18.9 Å². The third-order valence-electron chi connectivity index (χ3n) is 3.94. The number of likely N-dealkylation sites (N-methyl/N-ethyl adjacent to an activating group) is 1. The van der Waals surface area contributed by atoms with Gasteiger partial charge in [0, 0.05) is 97.7 Å². The average molecular weight is 797 g/mol. The van der Waals surface area contributed by atoms with Crippen molar-refractivity contribution in [2.24, 2.45) is 0 Å². The van der Waals surface area contributed by atoms with Crippen molar-refractivity contribution in [3.63, 3.8) is 0 Å². The van der Waals surface area contributed by atoms with Gasteiger partial charge >= 0.3 is 19.8 Å². The molecule has 50 heavy (non-hydrogen) atoms. The van der Waals surface area contributed by atoms with Gasteiger partial charge in [-0.05, 0) is 12.7 Å². The molecule has 298 valence electrons. The minimum Gasteiger partial charge on any atom is -0.462 e. The fourth-order valence-electron chi connectivity index (χ4n) is 2.00. The van der Waals surface area contributed by atoms with Gasteiger partial charge in [-0.1, -0.05) is 167 Å².